The van der Waals surface area contributed by atoms with E-state index >= 15 is 0 Å². The van der Waals surface area contributed by atoms with Crippen molar-refractivity contribution >= 4 is 34.6 Å². The van der Waals surface area contributed by atoms with Gasteiger partial charge in [0.25, 0.3) is 5.91 Å². The van der Waals surface area contributed by atoms with Gasteiger partial charge in [-0.1, -0.05) is 24.8 Å². The van der Waals surface area contributed by atoms with Crippen LogP contribution in [0, 0.1) is 17.6 Å². The zero-order chi connectivity index (χ0) is 17.3. The third-order valence-corrected chi connectivity index (χ3v) is 4.91. The minimum atomic E-state index is -0.853. The first-order valence-corrected chi connectivity index (χ1v) is 8.57. The van der Waals surface area contributed by atoms with Crippen LogP contribution in [0.3, 0.4) is 0 Å². The van der Waals surface area contributed by atoms with Crippen LogP contribution in [-0.4, -0.2) is 28.6 Å². The number of thioether (sulfide) groups is 1. The van der Waals surface area contributed by atoms with E-state index in [0.717, 1.165) is 24.3 Å². The maximum absolute atomic E-state index is 14.1. The van der Waals surface area contributed by atoms with Gasteiger partial charge in [0.05, 0.1) is 0 Å². The van der Waals surface area contributed by atoms with Crippen LogP contribution in [0.2, 0.25) is 0 Å². The van der Waals surface area contributed by atoms with Crippen LogP contribution < -0.4 is 5.32 Å². The predicted molar refractivity (Wildman–Crippen MR) is 88.0 cm³/mol. The quantitative estimate of drug-likeness (QED) is 0.910. The fourth-order valence-electron chi connectivity index (χ4n) is 2.81. The second-order valence-electron chi connectivity index (χ2n) is 5.58. The first kappa shape index (κ1) is 16.8. The first-order chi connectivity index (χ1) is 11.5. The van der Waals surface area contributed by atoms with Gasteiger partial charge in [0.2, 0.25) is 5.91 Å². The van der Waals surface area contributed by atoms with Gasteiger partial charge < -0.3 is 5.32 Å². The van der Waals surface area contributed by atoms with Crippen LogP contribution in [0.1, 0.15) is 31.2 Å². The number of amidine groups is 2. The third-order valence-electron chi connectivity index (χ3n) is 3.85. The molecule has 2 atom stereocenters. The van der Waals surface area contributed by atoms with E-state index in [1.807, 2.05) is 6.92 Å². The number of amides is 2. The summed E-state index contributed by atoms with van der Waals surface area (Å²) in [7, 11) is 0. The predicted octanol–water partition coefficient (Wildman–Crippen LogP) is 2.62. The van der Waals surface area contributed by atoms with Gasteiger partial charge in [-0.3, -0.25) is 9.59 Å². The molecule has 2 amide bonds. The summed E-state index contributed by atoms with van der Waals surface area (Å²) in [6.07, 6.45) is 0.812. The molecule has 1 saturated heterocycles. The standard InChI is InChI=1S/C16H15F2N3O2S/c1-2-5-24-16-20-14-13(15(23)21-16)10(7-12(22)19-14)9-4-3-8(17)6-11(9)18/h3-4,6,10,13H,2,5,7H2,1H3,(H,19,20,21,22,23). The van der Waals surface area contributed by atoms with E-state index in [4.69, 9.17) is 0 Å². The number of fused-ring (bicyclic) bond motifs is 1. The number of rotatable bonds is 3. The molecule has 1 fully saturated rings. The molecule has 2 unspecified atom stereocenters. The SMILES string of the molecule is CCCSC1=NC(=O)C2C(=N1)NC(=O)CC2c1ccc(F)cc1F. The van der Waals surface area contributed by atoms with Gasteiger partial charge in [0.15, 0.2) is 5.17 Å². The van der Waals surface area contributed by atoms with E-state index in [0.29, 0.717) is 5.17 Å². The Morgan fingerprint density at radius 1 is 1.29 bits per heavy atom. The molecule has 0 bridgehead atoms. The molecule has 1 aromatic carbocycles. The zero-order valence-electron chi connectivity index (χ0n) is 12.9. The van der Waals surface area contributed by atoms with Crippen molar-refractivity contribution in [2.75, 3.05) is 5.75 Å². The molecule has 0 aromatic heterocycles. The number of nitrogens with one attached hydrogen (secondary N) is 1. The number of hydrogen-bond donors (Lipinski definition) is 1. The van der Waals surface area contributed by atoms with Gasteiger partial charge in [-0.05, 0) is 18.1 Å². The summed E-state index contributed by atoms with van der Waals surface area (Å²) in [5.74, 6) is -2.97. The summed E-state index contributed by atoms with van der Waals surface area (Å²) in [5.41, 5.74) is 0.122. The second kappa shape index (κ2) is 6.80. The molecule has 2 aliphatic rings. The fourth-order valence-corrected chi connectivity index (χ4v) is 3.51. The number of benzene rings is 1. The van der Waals surface area contributed by atoms with E-state index in [1.165, 1.54) is 17.8 Å². The number of halogens is 2. The molecule has 2 aliphatic heterocycles. The van der Waals surface area contributed by atoms with Gasteiger partial charge in [0.1, 0.15) is 23.4 Å². The molecule has 24 heavy (non-hydrogen) atoms. The Kier molecular flexibility index (Phi) is 4.75. The monoisotopic (exact) mass is 351 g/mol. The second-order valence-corrected chi connectivity index (χ2v) is 6.64. The molecule has 0 radical (unpaired) electrons. The Bertz CT molecular complexity index is 764. The average molecular weight is 351 g/mol. The molecule has 0 saturated carbocycles. The molecule has 8 heteroatoms. The summed E-state index contributed by atoms with van der Waals surface area (Å²) < 4.78 is 27.3. The molecule has 0 spiro atoms. The van der Waals surface area contributed by atoms with Crippen LogP contribution >= 0.6 is 11.8 Å². The smallest absolute Gasteiger partial charge is 0.259 e. The minimum Gasteiger partial charge on any atom is -0.313 e. The van der Waals surface area contributed by atoms with Crippen LogP contribution in [0.5, 0.6) is 0 Å². The van der Waals surface area contributed by atoms with E-state index in [9.17, 15) is 18.4 Å². The lowest BCUT2D eigenvalue weighted by atomic mass is 9.79. The van der Waals surface area contributed by atoms with E-state index in [1.54, 1.807) is 0 Å². The van der Waals surface area contributed by atoms with E-state index in [-0.39, 0.29) is 23.7 Å². The Morgan fingerprint density at radius 3 is 2.79 bits per heavy atom. The zero-order valence-corrected chi connectivity index (χ0v) is 13.7. The van der Waals surface area contributed by atoms with Crippen LogP contribution in [0.15, 0.2) is 28.2 Å². The molecule has 3 rings (SSSR count). The Balaban J connectivity index is 1.96. The highest BCUT2D eigenvalue weighted by atomic mass is 32.2. The van der Waals surface area contributed by atoms with Crippen molar-refractivity contribution < 1.29 is 18.4 Å². The molecule has 0 aliphatic carbocycles. The largest absolute Gasteiger partial charge is 0.313 e. The van der Waals surface area contributed by atoms with Gasteiger partial charge in [-0.25, -0.2) is 13.8 Å². The third kappa shape index (κ3) is 3.24. The number of carbonyl (C=O) groups is 2. The number of nitrogens with zero attached hydrogens (tertiary/aromatic N) is 2. The van der Waals surface area contributed by atoms with Crippen molar-refractivity contribution in [3.63, 3.8) is 0 Å². The summed E-state index contributed by atoms with van der Waals surface area (Å²) >= 11 is 1.33. The lowest BCUT2D eigenvalue weighted by Crippen LogP contribution is -2.49. The molecular weight excluding hydrogens is 336 g/mol. The van der Waals surface area contributed by atoms with E-state index in [2.05, 4.69) is 15.3 Å². The lowest BCUT2D eigenvalue weighted by molar-refractivity contribution is -0.124. The van der Waals surface area contributed by atoms with Crippen molar-refractivity contribution in [3.8, 4) is 0 Å². The highest BCUT2D eigenvalue weighted by molar-refractivity contribution is 8.13. The Hall–Kier alpha value is -2.09. The molecule has 5 nitrogen and oxygen atoms in total. The maximum atomic E-state index is 14.1. The van der Waals surface area contributed by atoms with Crippen LogP contribution in [-0.2, 0) is 9.59 Å². The maximum Gasteiger partial charge on any atom is 0.259 e. The van der Waals surface area contributed by atoms with Crippen LogP contribution in [0.25, 0.3) is 0 Å². The Labute approximate surface area is 141 Å². The first-order valence-electron chi connectivity index (χ1n) is 7.58. The Morgan fingerprint density at radius 2 is 2.08 bits per heavy atom. The highest BCUT2D eigenvalue weighted by Crippen LogP contribution is 2.36. The summed E-state index contributed by atoms with van der Waals surface area (Å²) in [6.45, 7) is 1.99. The average Bonchev–Trinajstić information content (AvgIpc) is 2.51. The van der Waals surface area contributed by atoms with Crippen molar-refractivity contribution in [1.29, 1.82) is 0 Å². The van der Waals surface area contributed by atoms with Crippen LogP contribution in [0.4, 0.5) is 8.78 Å². The summed E-state index contributed by atoms with van der Waals surface area (Å²) in [5, 5.41) is 2.88. The number of aliphatic imine (C=N–C) groups is 2. The minimum absolute atomic E-state index is 0.0784. The highest BCUT2D eigenvalue weighted by Gasteiger charge is 2.43. The molecule has 1 aromatic rings. The normalized spacial score (nSPS) is 23.3. The topological polar surface area (TPSA) is 70.9 Å². The number of piperidine rings is 1. The van der Waals surface area contributed by atoms with Gasteiger partial charge in [-0.15, -0.1) is 0 Å². The molecule has 1 N–H and O–H groups in total. The lowest BCUT2D eigenvalue weighted by Gasteiger charge is -2.32. The van der Waals surface area contributed by atoms with Gasteiger partial charge in [0, 0.05) is 24.2 Å². The fraction of sp³-hybridized carbons (Fsp3) is 0.375. The molecule has 126 valence electrons. The van der Waals surface area contributed by atoms with Crippen molar-refractivity contribution in [3.05, 3.63) is 35.4 Å². The van der Waals surface area contributed by atoms with Gasteiger partial charge >= 0.3 is 0 Å². The van der Waals surface area contributed by atoms with Crippen molar-refractivity contribution in [2.45, 2.75) is 25.7 Å². The summed E-state index contributed by atoms with van der Waals surface area (Å²) in [6, 6.07) is 3.13. The van der Waals surface area contributed by atoms with Gasteiger partial charge in [-0.2, -0.15) is 4.99 Å². The van der Waals surface area contributed by atoms with Crippen molar-refractivity contribution in [2.24, 2.45) is 15.9 Å². The number of carbonyl (C=O) groups excluding carboxylic acids is 2. The summed E-state index contributed by atoms with van der Waals surface area (Å²) in [4.78, 5) is 32.6. The van der Waals surface area contributed by atoms with E-state index < -0.39 is 29.4 Å². The molecular formula is C16H15F2N3O2S. The van der Waals surface area contributed by atoms with Crippen molar-refractivity contribution in [1.82, 2.24) is 5.32 Å². The number of hydrogen-bond acceptors (Lipinski definition) is 4. The molecule has 2 heterocycles.